The van der Waals surface area contributed by atoms with E-state index in [1.165, 1.54) is 28.6 Å². The van der Waals surface area contributed by atoms with Crippen LogP contribution in [0.1, 0.15) is 17.9 Å². The quantitative estimate of drug-likeness (QED) is 0.425. The van der Waals surface area contributed by atoms with Gasteiger partial charge in [-0.05, 0) is 28.5 Å². The van der Waals surface area contributed by atoms with Crippen molar-refractivity contribution in [1.82, 2.24) is 14.8 Å². The summed E-state index contributed by atoms with van der Waals surface area (Å²) in [6.07, 6.45) is 2.26. The molecule has 0 N–H and O–H groups in total. The summed E-state index contributed by atoms with van der Waals surface area (Å²) in [4.78, 5) is 21.3. The lowest BCUT2D eigenvalue weighted by Crippen LogP contribution is -2.48. The number of hydrogen-bond donors (Lipinski definition) is 0. The molecule has 3 aromatic carbocycles. The summed E-state index contributed by atoms with van der Waals surface area (Å²) in [5.74, 6) is 0.594. The summed E-state index contributed by atoms with van der Waals surface area (Å²) >= 11 is 0. The van der Waals surface area contributed by atoms with Crippen molar-refractivity contribution in [3.63, 3.8) is 0 Å². The minimum Gasteiger partial charge on any atom is -0.441 e. The number of carbonyl (C=O) groups is 1. The lowest BCUT2D eigenvalue weighted by atomic mass is 10.0. The standard InChI is InChI=1S/C27H26FN3O2/c28-24-11-4-3-10-23(24)25-18-29-26(33-25)12-13-27(32)31-16-14-30(15-17-31)19-21-8-5-7-20-6-1-2-9-22(20)21/h1-11,18H,12-17,19H2. The fourth-order valence-electron chi connectivity index (χ4n) is 4.41. The summed E-state index contributed by atoms with van der Waals surface area (Å²) < 4.78 is 19.6. The fourth-order valence-corrected chi connectivity index (χ4v) is 4.41. The second-order valence-corrected chi connectivity index (χ2v) is 8.39. The summed E-state index contributed by atoms with van der Waals surface area (Å²) in [7, 11) is 0. The first-order valence-electron chi connectivity index (χ1n) is 11.3. The van der Waals surface area contributed by atoms with Crippen LogP contribution in [0, 0.1) is 5.82 Å². The van der Waals surface area contributed by atoms with Gasteiger partial charge in [0.05, 0.1) is 11.8 Å². The lowest BCUT2D eigenvalue weighted by molar-refractivity contribution is -0.133. The van der Waals surface area contributed by atoms with Crippen LogP contribution in [0.5, 0.6) is 0 Å². The predicted octanol–water partition coefficient (Wildman–Crippen LogP) is 4.91. The predicted molar refractivity (Wildman–Crippen MR) is 126 cm³/mol. The Morgan fingerprint density at radius 2 is 1.70 bits per heavy atom. The first kappa shape index (κ1) is 21.3. The summed E-state index contributed by atoms with van der Waals surface area (Å²) in [5.41, 5.74) is 1.70. The molecule has 33 heavy (non-hydrogen) atoms. The maximum atomic E-state index is 13.9. The van der Waals surface area contributed by atoms with E-state index in [1.807, 2.05) is 4.90 Å². The number of halogens is 1. The minimum atomic E-state index is -0.349. The molecule has 0 unspecified atom stereocenters. The first-order valence-corrected chi connectivity index (χ1v) is 11.3. The number of fused-ring (bicyclic) bond motifs is 1. The molecule has 5 rings (SSSR count). The molecule has 168 valence electrons. The normalized spacial score (nSPS) is 14.6. The van der Waals surface area contributed by atoms with Crippen molar-refractivity contribution in [3.05, 3.63) is 90.2 Å². The summed E-state index contributed by atoms with van der Waals surface area (Å²) in [6, 6.07) is 21.3. The molecule has 2 heterocycles. The molecule has 0 bridgehead atoms. The number of rotatable bonds is 6. The summed E-state index contributed by atoms with van der Waals surface area (Å²) in [5, 5.41) is 2.55. The van der Waals surface area contributed by atoms with E-state index in [0.29, 0.717) is 30.1 Å². The van der Waals surface area contributed by atoms with Gasteiger partial charge in [0, 0.05) is 45.6 Å². The third kappa shape index (κ3) is 4.81. The van der Waals surface area contributed by atoms with E-state index in [4.69, 9.17) is 4.42 Å². The molecule has 1 aliphatic rings. The van der Waals surface area contributed by atoms with Gasteiger partial charge in [0.25, 0.3) is 0 Å². The van der Waals surface area contributed by atoms with Crippen LogP contribution < -0.4 is 0 Å². The van der Waals surface area contributed by atoms with E-state index in [9.17, 15) is 9.18 Å². The third-order valence-corrected chi connectivity index (χ3v) is 6.24. The van der Waals surface area contributed by atoms with Gasteiger partial charge < -0.3 is 9.32 Å². The van der Waals surface area contributed by atoms with Gasteiger partial charge >= 0.3 is 0 Å². The number of carbonyl (C=O) groups excluding carboxylic acids is 1. The summed E-state index contributed by atoms with van der Waals surface area (Å²) in [6.45, 7) is 4.03. The van der Waals surface area contributed by atoms with Crippen LogP contribution in [0.25, 0.3) is 22.1 Å². The van der Waals surface area contributed by atoms with Gasteiger partial charge in [0.15, 0.2) is 11.7 Å². The molecule has 1 fully saturated rings. The van der Waals surface area contributed by atoms with Crippen molar-refractivity contribution in [3.8, 4) is 11.3 Å². The smallest absolute Gasteiger partial charge is 0.223 e. The van der Waals surface area contributed by atoms with Crippen molar-refractivity contribution in [2.75, 3.05) is 26.2 Å². The van der Waals surface area contributed by atoms with Gasteiger partial charge in [-0.2, -0.15) is 0 Å². The topological polar surface area (TPSA) is 49.6 Å². The van der Waals surface area contributed by atoms with E-state index in [1.54, 1.807) is 18.2 Å². The molecular formula is C27H26FN3O2. The number of hydrogen-bond acceptors (Lipinski definition) is 4. The Morgan fingerprint density at radius 1 is 0.939 bits per heavy atom. The molecule has 5 nitrogen and oxygen atoms in total. The van der Waals surface area contributed by atoms with Crippen LogP contribution >= 0.6 is 0 Å². The van der Waals surface area contributed by atoms with Gasteiger partial charge in [-0.15, -0.1) is 0 Å². The van der Waals surface area contributed by atoms with Crippen LogP contribution in [0.2, 0.25) is 0 Å². The highest BCUT2D eigenvalue weighted by Crippen LogP contribution is 2.24. The number of oxazole rings is 1. The number of benzene rings is 3. The van der Waals surface area contributed by atoms with Crippen molar-refractivity contribution in [1.29, 1.82) is 0 Å². The van der Waals surface area contributed by atoms with Crippen molar-refractivity contribution in [2.45, 2.75) is 19.4 Å². The number of nitrogens with zero attached hydrogens (tertiary/aromatic N) is 3. The van der Waals surface area contributed by atoms with Gasteiger partial charge in [-0.1, -0.05) is 54.6 Å². The van der Waals surface area contributed by atoms with E-state index in [-0.39, 0.29) is 11.7 Å². The van der Waals surface area contributed by atoms with Crippen LogP contribution in [0.4, 0.5) is 4.39 Å². The number of aryl methyl sites for hydroxylation is 1. The highest BCUT2D eigenvalue weighted by atomic mass is 19.1. The van der Waals surface area contributed by atoms with Crippen LogP contribution in [-0.2, 0) is 17.8 Å². The van der Waals surface area contributed by atoms with Crippen LogP contribution in [0.3, 0.4) is 0 Å². The number of aromatic nitrogens is 1. The Kier molecular flexibility index (Phi) is 6.17. The Morgan fingerprint density at radius 3 is 2.55 bits per heavy atom. The average Bonchev–Trinajstić information content (AvgIpc) is 3.32. The van der Waals surface area contributed by atoms with Gasteiger partial charge in [0.2, 0.25) is 5.91 Å². The molecule has 1 amide bonds. The largest absolute Gasteiger partial charge is 0.441 e. The van der Waals surface area contributed by atoms with Crippen molar-refractivity contribution >= 4 is 16.7 Å². The first-order chi connectivity index (χ1) is 16.2. The molecule has 6 heteroatoms. The Hall–Kier alpha value is -3.51. The van der Waals surface area contributed by atoms with Crippen LogP contribution in [0.15, 0.2) is 77.3 Å². The zero-order chi connectivity index (χ0) is 22.6. The molecule has 1 saturated heterocycles. The molecule has 0 atom stereocenters. The second kappa shape index (κ2) is 9.55. The molecular weight excluding hydrogens is 417 g/mol. The molecule has 0 spiro atoms. The van der Waals surface area contributed by atoms with E-state index in [0.717, 1.165) is 32.7 Å². The van der Waals surface area contributed by atoms with Crippen molar-refractivity contribution < 1.29 is 13.6 Å². The average molecular weight is 444 g/mol. The fraction of sp³-hybridized carbons (Fsp3) is 0.259. The van der Waals surface area contributed by atoms with Gasteiger partial charge in [-0.25, -0.2) is 9.37 Å². The highest BCUT2D eigenvalue weighted by Gasteiger charge is 2.22. The van der Waals surface area contributed by atoms with Crippen molar-refractivity contribution in [2.24, 2.45) is 0 Å². The van der Waals surface area contributed by atoms with E-state index >= 15 is 0 Å². The maximum absolute atomic E-state index is 13.9. The number of piperazine rings is 1. The second-order valence-electron chi connectivity index (χ2n) is 8.39. The zero-order valence-electron chi connectivity index (χ0n) is 18.4. The SMILES string of the molecule is O=C(CCc1ncc(-c2ccccc2F)o1)N1CCN(Cc2cccc3ccccc23)CC1. The highest BCUT2D eigenvalue weighted by molar-refractivity contribution is 5.85. The Balaban J connectivity index is 1.13. The molecule has 1 aliphatic heterocycles. The van der Waals surface area contributed by atoms with E-state index in [2.05, 4.69) is 52.3 Å². The monoisotopic (exact) mass is 443 g/mol. The third-order valence-electron chi connectivity index (χ3n) is 6.24. The Bertz CT molecular complexity index is 1260. The molecule has 4 aromatic rings. The molecule has 0 saturated carbocycles. The van der Waals surface area contributed by atoms with Gasteiger partial charge in [0.1, 0.15) is 5.82 Å². The maximum Gasteiger partial charge on any atom is 0.223 e. The lowest BCUT2D eigenvalue weighted by Gasteiger charge is -2.35. The van der Waals surface area contributed by atoms with E-state index < -0.39 is 0 Å². The van der Waals surface area contributed by atoms with Crippen LogP contribution in [-0.4, -0.2) is 46.9 Å². The van der Waals surface area contributed by atoms with Gasteiger partial charge in [-0.3, -0.25) is 9.69 Å². The Labute approximate surface area is 192 Å². The minimum absolute atomic E-state index is 0.102. The molecule has 0 radical (unpaired) electrons. The molecule has 1 aromatic heterocycles. The molecule has 0 aliphatic carbocycles. The number of amides is 1. The zero-order valence-corrected chi connectivity index (χ0v) is 18.4.